The number of likely N-dealkylation sites (tertiary alicyclic amines) is 1. The van der Waals surface area contributed by atoms with E-state index in [0.717, 1.165) is 0 Å². The van der Waals surface area contributed by atoms with E-state index < -0.39 is 17.7 Å². The maximum Gasteiger partial charge on any atom is 0.573 e. The van der Waals surface area contributed by atoms with Crippen LogP contribution in [-0.2, 0) is 4.79 Å². The zero-order chi connectivity index (χ0) is 22.9. The molecular weight excluding hydrogens is 427 g/mol. The SMILES string of the molecule is CN1CCC(CNc2ccc3ncc(-c4cccc(OC(F)(F)F)c4)n3n2)(C(=O)O)CC1. The number of benzene rings is 1. The van der Waals surface area contributed by atoms with Gasteiger partial charge in [-0.2, -0.15) is 0 Å². The quantitative estimate of drug-likeness (QED) is 0.595. The van der Waals surface area contributed by atoms with Crippen LogP contribution in [-0.4, -0.2) is 63.6 Å². The van der Waals surface area contributed by atoms with E-state index in [1.807, 2.05) is 7.05 Å². The van der Waals surface area contributed by atoms with Crippen LogP contribution in [0.1, 0.15) is 12.8 Å². The van der Waals surface area contributed by atoms with E-state index in [1.54, 1.807) is 18.2 Å². The highest BCUT2D eigenvalue weighted by molar-refractivity contribution is 5.75. The molecule has 2 N–H and O–H groups in total. The van der Waals surface area contributed by atoms with E-state index in [1.165, 1.54) is 28.9 Å². The van der Waals surface area contributed by atoms with Crippen molar-refractivity contribution < 1.29 is 27.8 Å². The fourth-order valence-electron chi connectivity index (χ4n) is 3.79. The number of ether oxygens (including phenoxy) is 1. The number of fused-ring (bicyclic) bond motifs is 1. The van der Waals surface area contributed by atoms with Gasteiger partial charge in [0.2, 0.25) is 0 Å². The van der Waals surface area contributed by atoms with E-state index in [-0.39, 0.29) is 12.3 Å². The number of piperidine rings is 1. The summed E-state index contributed by atoms with van der Waals surface area (Å²) >= 11 is 0. The molecule has 1 aliphatic rings. The number of nitrogens with zero attached hydrogens (tertiary/aromatic N) is 4. The maximum atomic E-state index is 12.6. The molecule has 2 aromatic heterocycles. The number of nitrogens with one attached hydrogen (secondary N) is 1. The summed E-state index contributed by atoms with van der Waals surface area (Å²) in [5.41, 5.74) is 0.536. The third kappa shape index (κ3) is 4.62. The lowest BCUT2D eigenvalue weighted by molar-refractivity contribution is -0.274. The van der Waals surface area contributed by atoms with Gasteiger partial charge in [0.05, 0.1) is 17.3 Å². The molecule has 0 atom stereocenters. The molecule has 0 bridgehead atoms. The Morgan fingerprint density at radius 1 is 1.25 bits per heavy atom. The van der Waals surface area contributed by atoms with E-state index in [0.29, 0.717) is 48.7 Å². The number of hydrogen-bond donors (Lipinski definition) is 2. The zero-order valence-corrected chi connectivity index (χ0v) is 17.3. The molecular formula is C21H22F3N5O3. The smallest absolute Gasteiger partial charge is 0.481 e. The summed E-state index contributed by atoms with van der Waals surface area (Å²) in [6, 6.07) is 8.96. The number of carboxylic acids is 1. The average molecular weight is 449 g/mol. The second-order valence-corrected chi connectivity index (χ2v) is 7.95. The van der Waals surface area contributed by atoms with Crippen LogP contribution in [0.2, 0.25) is 0 Å². The first-order valence-electron chi connectivity index (χ1n) is 10.0. The van der Waals surface area contributed by atoms with Crippen molar-refractivity contribution in [2.24, 2.45) is 5.41 Å². The minimum Gasteiger partial charge on any atom is -0.481 e. The van der Waals surface area contributed by atoms with Crippen molar-refractivity contribution in [1.29, 1.82) is 0 Å². The van der Waals surface area contributed by atoms with Gasteiger partial charge >= 0.3 is 12.3 Å². The van der Waals surface area contributed by atoms with Crippen molar-refractivity contribution in [2.75, 3.05) is 32.0 Å². The van der Waals surface area contributed by atoms with Gasteiger partial charge in [-0.1, -0.05) is 12.1 Å². The van der Waals surface area contributed by atoms with Crippen LogP contribution in [0.25, 0.3) is 16.9 Å². The summed E-state index contributed by atoms with van der Waals surface area (Å²) in [5, 5.41) is 17.4. The summed E-state index contributed by atoms with van der Waals surface area (Å²) in [7, 11) is 1.96. The van der Waals surface area contributed by atoms with Crippen LogP contribution in [0, 0.1) is 5.41 Å². The Hall–Kier alpha value is -3.34. The van der Waals surface area contributed by atoms with Gasteiger partial charge in [-0.15, -0.1) is 18.3 Å². The third-order valence-electron chi connectivity index (χ3n) is 5.73. The van der Waals surface area contributed by atoms with Gasteiger partial charge in [0.15, 0.2) is 5.65 Å². The van der Waals surface area contributed by atoms with Crippen molar-refractivity contribution >= 4 is 17.4 Å². The molecule has 3 aromatic rings. The highest BCUT2D eigenvalue weighted by Crippen LogP contribution is 2.32. The molecule has 8 nitrogen and oxygen atoms in total. The van der Waals surface area contributed by atoms with Gasteiger partial charge in [0.1, 0.15) is 11.6 Å². The van der Waals surface area contributed by atoms with Crippen molar-refractivity contribution in [3.63, 3.8) is 0 Å². The Kier molecular flexibility index (Phi) is 5.68. The number of carboxylic acid groups (broad SMARTS) is 1. The number of aliphatic carboxylic acids is 1. The van der Waals surface area contributed by atoms with Gasteiger partial charge < -0.3 is 20.1 Å². The summed E-state index contributed by atoms with van der Waals surface area (Å²) < 4.78 is 43.2. The number of imidazole rings is 1. The molecule has 0 radical (unpaired) electrons. The van der Waals surface area contributed by atoms with Crippen molar-refractivity contribution in [2.45, 2.75) is 19.2 Å². The molecule has 1 saturated heterocycles. The summed E-state index contributed by atoms with van der Waals surface area (Å²) in [4.78, 5) is 18.3. The Bertz CT molecular complexity index is 1120. The highest BCUT2D eigenvalue weighted by Gasteiger charge is 2.40. The zero-order valence-electron chi connectivity index (χ0n) is 17.3. The van der Waals surface area contributed by atoms with Crippen molar-refractivity contribution in [3.8, 4) is 17.0 Å². The fraction of sp³-hybridized carbons (Fsp3) is 0.381. The van der Waals surface area contributed by atoms with E-state index in [9.17, 15) is 23.1 Å². The first-order valence-corrected chi connectivity index (χ1v) is 10.0. The summed E-state index contributed by atoms with van der Waals surface area (Å²) in [5.74, 6) is -0.743. The number of alkyl halides is 3. The molecule has 0 spiro atoms. The van der Waals surface area contributed by atoms with Crippen molar-refractivity contribution in [1.82, 2.24) is 19.5 Å². The predicted octanol–water partition coefficient (Wildman–Crippen LogP) is 3.50. The molecule has 1 fully saturated rings. The lowest BCUT2D eigenvalue weighted by Crippen LogP contribution is -2.47. The van der Waals surface area contributed by atoms with Crippen LogP contribution in [0.5, 0.6) is 5.75 Å². The number of halogens is 3. The van der Waals surface area contributed by atoms with Crippen LogP contribution < -0.4 is 10.1 Å². The largest absolute Gasteiger partial charge is 0.573 e. The number of anilines is 1. The number of hydrogen-bond acceptors (Lipinski definition) is 6. The number of rotatable bonds is 6. The van der Waals surface area contributed by atoms with E-state index in [2.05, 4.69) is 25.0 Å². The second kappa shape index (κ2) is 8.30. The fourth-order valence-corrected chi connectivity index (χ4v) is 3.79. The monoisotopic (exact) mass is 449 g/mol. The molecule has 11 heteroatoms. The summed E-state index contributed by atoms with van der Waals surface area (Å²) in [6.07, 6.45) is -2.23. The van der Waals surface area contributed by atoms with Gasteiger partial charge in [0.25, 0.3) is 0 Å². The molecule has 0 aliphatic carbocycles. The molecule has 32 heavy (non-hydrogen) atoms. The lowest BCUT2D eigenvalue weighted by Gasteiger charge is -2.37. The summed E-state index contributed by atoms with van der Waals surface area (Å²) in [6.45, 7) is 1.61. The van der Waals surface area contributed by atoms with Crippen LogP contribution in [0.3, 0.4) is 0 Å². The topological polar surface area (TPSA) is 92.0 Å². The van der Waals surface area contributed by atoms with Crippen molar-refractivity contribution in [3.05, 3.63) is 42.6 Å². The standard InChI is InChI=1S/C21H22F3N5O3/c1-28-9-7-20(8-10-28,19(30)31)13-26-17-5-6-18-25-12-16(29(18)27-17)14-3-2-4-15(11-14)32-21(22,23)24/h2-6,11-12H,7-10,13H2,1H3,(H,26,27)(H,30,31). The number of aromatic nitrogens is 3. The first-order chi connectivity index (χ1) is 15.2. The molecule has 1 aliphatic heterocycles. The van der Waals surface area contributed by atoms with Crippen LogP contribution in [0.4, 0.5) is 19.0 Å². The Balaban J connectivity index is 1.58. The highest BCUT2D eigenvalue weighted by atomic mass is 19.4. The predicted molar refractivity (Wildman–Crippen MR) is 110 cm³/mol. The average Bonchev–Trinajstić information content (AvgIpc) is 3.16. The first kappa shape index (κ1) is 21.9. The van der Waals surface area contributed by atoms with Gasteiger partial charge in [-0.25, -0.2) is 9.50 Å². The minimum absolute atomic E-state index is 0.216. The van der Waals surface area contributed by atoms with Crippen LogP contribution >= 0.6 is 0 Å². The molecule has 4 rings (SSSR count). The minimum atomic E-state index is -4.79. The Morgan fingerprint density at radius 2 is 2.00 bits per heavy atom. The van der Waals surface area contributed by atoms with E-state index in [4.69, 9.17) is 0 Å². The molecule has 0 amide bonds. The van der Waals surface area contributed by atoms with Gasteiger partial charge in [-0.05, 0) is 57.2 Å². The molecule has 170 valence electrons. The molecule has 0 unspecified atom stereocenters. The van der Waals surface area contributed by atoms with Gasteiger partial charge in [0, 0.05) is 12.1 Å². The van der Waals surface area contributed by atoms with Crippen LogP contribution in [0.15, 0.2) is 42.6 Å². The lowest BCUT2D eigenvalue weighted by atomic mass is 9.78. The Labute approximate surface area is 181 Å². The Morgan fingerprint density at radius 3 is 2.69 bits per heavy atom. The third-order valence-corrected chi connectivity index (χ3v) is 5.73. The van der Waals surface area contributed by atoms with Gasteiger partial charge in [-0.3, -0.25) is 4.79 Å². The maximum absolute atomic E-state index is 12.6. The molecule has 1 aromatic carbocycles. The van der Waals surface area contributed by atoms with E-state index >= 15 is 0 Å². The molecule has 0 saturated carbocycles. The normalized spacial score (nSPS) is 16.8. The second-order valence-electron chi connectivity index (χ2n) is 7.95. The number of carbonyl (C=O) groups is 1. The molecule has 3 heterocycles.